The molecule has 2 saturated heterocycles. The molecule has 0 aliphatic carbocycles. The number of aliphatic hydroxyl groups is 1. The number of carbonyl (C=O) groups is 2. The SMILES string of the molecule is Cc1c(/C(O)=C2\C(=O)C(=O)N(CCCN3CCOCC3)C2c2ccc(OC(C)C)cc2)cnn1-c1ccccc1. The van der Waals surface area contributed by atoms with Gasteiger partial charge in [0.2, 0.25) is 0 Å². The monoisotopic (exact) mass is 544 g/mol. The van der Waals surface area contributed by atoms with Crippen LogP contribution in [-0.4, -0.2) is 81.9 Å². The number of para-hydroxylation sites is 1. The van der Waals surface area contributed by atoms with Crippen LogP contribution < -0.4 is 4.74 Å². The number of aliphatic hydroxyl groups excluding tert-OH is 1. The Kier molecular flexibility index (Phi) is 8.32. The fraction of sp³-hybridized carbons (Fsp3) is 0.387. The van der Waals surface area contributed by atoms with Crippen molar-refractivity contribution in [2.75, 3.05) is 39.4 Å². The molecule has 1 aromatic heterocycles. The Hall–Kier alpha value is -3.95. The van der Waals surface area contributed by atoms with Gasteiger partial charge in [0.15, 0.2) is 0 Å². The van der Waals surface area contributed by atoms with Gasteiger partial charge in [-0.3, -0.25) is 14.5 Å². The van der Waals surface area contributed by atoms with E-state index in [1.54, 1.807) is 15.8 Å². The first kappa shape index (κ1) is 27.6. The lowest BCUT2D eigenvalue weighted by atomic mass is 9.95. The number of hydrogen-bond donors (Lipinski definition) is 1. The lowest BCUT2D eigenvalue weighted by molar-refractivity contribution is -0.140. The van der Waals surface area contributed by atoms with Crippen LogP contribution in [0.4, 0.5) is 0 Å². The molecule has 40 heavy (non-hydrogen) atoms. The maximum Gasteiger partial charge on any atom is 0.295 e. The Morgan fingerprint density at radius 1 is 1.05 bits per heavy atom. The second kappa shape index (κ2) is 12.1. The van der Waals surface area contributed by atoms with Crippen molar-refractivity contribution in [2.45, 2.75) is 39.3 Å². The Balaban J connectivity index is 1.50. The third kappa shape index (κ3) is 5.66. The molecule has 9 nitrogen and oxygen atoms in total. The van der Waals surface area contributed by atoms with E-state index in [-0.39, 0.29) is 17.4 Å². The third-order valence-electron chi connectivity index (χ3n) is 7.35. The summed E-state index contributed by atoms with van der Waals surface area (Å²) in [6.45, 7) is 10.0. The number of ether oxygens (including phenoxy) is 2. The van der Waals surface area contributed by atoms with Gasteiger partial charge in [-0.05, 0) is 57.0 Å². The van der Waals surface area contributed by atoms with E-state index in [0.717, 1.165) is 30.9 Å². The highest BCUT2D eigenvalue weighted by molar-refractivity contribution is 6.46. The molecular weight excluding hydrogens is 508 g/mol. The Morgan fingerprint density at radius 2 is 1.75 bits per heavy atom. The minimum Gasteiger partial charge on any atom is -0.507 e. The van der Waals surface area contributed by atoms with Crippen LogP contribution in [0.15, 0.2) is 66.4 Å². The molecule has 2 aliphatic heterocycles. The summed E-state index contributed by atoms with van der Waals surface area (Å²) in [4.78, 5) is 30.8. The van der Waals surface area contributed by atoms with Crippen molar-refractivity contribution >= 4 is 17.4 Å². The molecule has 210 valence electrons. The van der Waals surface area contributed by atoms with Gasteiger partial charge in [-0.2, -0.15) is 5.10 Å². The lowest BCUT2D eigenvalue weighted by Gasteiger charge is -2.29. The van der Waals surface area contributed by atoms with E-state index in [0.29, 0.717) is 43.2 Å². The van der Waals surface area contributed by atoms with Crippen molar-refractivity contribution < 1.29 is 24.2 Å². The molecule has 0 radical (unpaired) electrons. The molecule has 2 aliphatic rings. The van der Waals surface area contributed by atoms with Gasteiger partial charge in [0.05, 0.1) is 54.1 Å². The van der Waals surface area contributed by atoms with Gasteiger partial charge in [0.25, 0.3) is 11.7 Å². The van der Waals surface area contributed by atoms with Crippen molar-refractivity contribution in [3.05, 3.63) is 83.2 Å². The zero-order chi connectivity index (χ0) is 28.2. The van der Waals surface area contributed by atoms with E-state index in [4.69, 9.17) is 9.47 Å². The third-order valence-corrected chi connectivity index (χ3v) is 7.35. The summed E-state index contributed by atoms with van der Waals surface area (Å²) < 4.78 is 12.9. The second-order valence-corrected chi connectivity index (χ2v) is 10.4. The van der Waals surface area contributed by atoms with Crippen LogP contribution in [0.3, 0.4) is 0 Å². The molecule has 1 atom stereocenters. The van der Waals surface area contributed by atoms with Crippen LogP contribution in [0.25, 0.3) is 11.4 Å². The van der Waals surface area contributed by atoms with E-state index in [1.807, 2.05) is 75.4 Å². The van der Waals surface area contributed by atoms with E-state index in [1.165, 1.54) is 0 Å². The van der Waals surface area contributed by atoms with Gasteiger partial charge in [-0.15, -0.1) is 0 Å². The number of hydrogen-bond acceptors (Lipinski definition) is 7. The number of morpholine rings is 1. The minimum atomic E-state index is -0.725. The summed E-state index contributed by atoms with van der Waals surface area (Å²) in [5, 5.41) is 16.0. The summed E-state index contributed by atoms with van der Waals surface area (Å²) in [7, 11) is 0. The highest BCUT2D eigenvalue weighted by atomic mass is 16.5. The predicted molar refractivity (Wildman–Crippen MR) is 151 cm³/mol. The van der Waals surface area contributed by atoms with Crippen LogP contribution in [-0.2, 0) is 14.3 Å². The average Bonchev–Trinajstić information content (AvgIpc) is 3.46. The fourth-order valence-electron chi connectivity index (χ4n) is 5.36. The molecule has 1 amide bonds. The largest absolute Gasteiger partial charge is 0.507 e. The molecule has 0 bridgehead atoms. The Bertz CT molecular complexity index is 1370. The predicted octanol–water partition coefficient (Wildman–Crippen LogP) is 4.11. The number of likely N-dealkylation sites (tertiary alicyclic amines) is 1. The van der Waals surface area contributed by atoms with Crippen molar-refractivity contribution in [3.8, 4) is 11.4 Å². The summed E-state index contributed by atoms with van der Waals surface area (Å²) in [6, 6.07) is 16.2. The first-order valence-corrected chi connectivity index (χ1v) is 13.8. The molecule has 1 unspecified atom stereocenters. The number of benzene rings is 2. The highest BCUT2D eigenvalue weighted by Crippen LogP contribution is 2.40. The van der Waals surface area contributed by atoms with Crippen molar-refractivity contribution in [1.29, 1.82) is 0 Å². The number of ketones is 1. The van der Waals surface area contributed by atoms with Gasteiger partial charge < -0.3 is 19.5 Å². The van der Waals surface area contributed by atoms with Gasteiger partial charge in [0.1, 0.15) is 11.5 Å². The topological polar surface area (TPSA) is 97.1 Å². The zero-order valence-electron chi connectivity index (χ0n) is 23.2. The molecule has 2 fully saturated rings. The van der Waals surface area contributed by atoms with Crippen LogP contribution in [0.5, 0.6) is 5.75 Å². The quantitative estimate of drug-likeness (QED) is 0.246. The summed E-state index contributed by atoms with van der Waals surface area (Å²) in [5.74, 6) is -0.823. The van der Waals surface area contributed by atoms with E-state index in [2.05, 4.69) is 10.00 Å². The van der Waals surface area contributed by atoms with Crippen molar-refractivity contribution in [1.82, 2.24) is 19.6 Å². The van der Waals surface area contributed by atoms with Gasteiger partial charge >= 0.3 is 0 Å². The van der Waals surface area contributed by atoms with Crippen molar-refractivity contribution in [3.63, 3.8) is 0 Å². The molecule has 3 heterocycles. The highest BCUT2D eigenvalue weighted by Gasteiger charge is 2.46. The number of rotatable bonds is 9. The van der Waals surface area contributed by atoms with Gasteiger partial charge in [0, 0.05) is 26.2 Å². The zero-order valence-corrected chi connectivity index (χ0v) is 23.2. The first-order valence-electron chi connectivity index (χ1n) is 13.8. The molecule has 9 heteroatoms. The van der Waals surface area contributed by atoms with Crippen LogP contribution in [0, 0.1) is 6.92 Å². The standard InChI is InChI=1S/C31H36N4O5/c1-21(2)40-25-12-10-23(11-13-25)28-27(29(36)26-20-32-35(22(26)3)24-8-5-4-6-9-24)30(37)31(38)34(28)15-7-14-33-16-18-39-19-17-33/h4-6,8-13,20-21,28,36H,7,14-19H2,1-3H3/b29-27+. The first-order chi connectivity index (χ1) is 19.3. The smallest absolute Gasteiger partial charge is 0.295 e. The summed E-state index contributed by atoms with van der Waals surface area (Å²) in [6.07, 6.45) is 2.25. The molecule has 2 aromatic carbocycles. The van der Waals surface area contributed by atoms with Gasteiger partial charge in [-0.1, -0.05) is 30.3 Å². The number of carbonyl (C=O) groups excluding carboxylic acids is 2. The van der Waals surface area contributed by atoms with Gasteiger partial charge in [-0.25, -0.2) is 4.68 Å². The van der Waals surface area contributed by atoms with E-state index >= 15 is 0 Å². The van der Waals surface area contributed by atoms with Crippen molar-refractivity contribution in [2.24, 2.45) is 0 Å². The number of Topliss-reactive ketones (excluding diaryl/α,β-unsaturated/α-hetero) is 1. The molecule has 5 rings (SSSR count). The molecular formula is C31H36N4O5. The van der Waals surface area contributed by atoms with Crippen LogP contribution in [0.2, 0.25) is 0 Å². The normalized spacial score (nSPS) is 19.5. The second-order valence-electron chi connectivity index (χ2n) is 10.4. The molecule has 0 saturated carbocycles. The maximum atomic E-state index is 13.5. The number of nitrogens with zero attached hydrogens (tertiary/aromatic N) is 4. The Labute approximate surface area is 234 Å². The minimum absolute atomic E-state index is 0.0146. The maximum absolute atomic E-state index is 13.5. The molecule has 3 aromatic rings. The van der Waals surface area contributed by atoms with Crippen LogP contribution >= 0.6 is 0 Å². The van der Waals surface area contributed by atoms with E-state index in [9.17, 15) is 14.7 Å². The lowest BCUT2D eigenvalue weighted by Crippen LogP contribution is -2.38. The molecule has 1 N–H and O–H groups in total. The summed E-state index contributed by atoms with van der Waals surface area (Å²) >= 11 is 0. The number of amides is 1. The van der Waals surface area contributed by atoms with Crippen LogP contribution in [0.1, 0.15) is 43.1 Å². The summed E-state index contributed by atoms with van der Waals surface area (Å²) in [5.41, 5.74) is 2.72. The Morgan fingerprint density at radius 3 is 2.42 bits per heavy atom. The van der Waals surface area contributed by atoms with E-state index < -0.39 is 17.7 Å². The number of aromatic nitrogens is 2. The fourth-order valence-corrected chi connectivity index (χ4v) is 5.36. The average molecular weight is 545 g/mol. The molecule has 0 spiro atoms.